The van der Waals surface area contributed by atoms with E-state index in [1.807, 2.05) is 12.1 Å². The number of rotatable bonds is 8. The average molecular weight is 302 g/mol. The van der Waals surface area contributed by atoms with E-state index in [9.17, 15) is 0 Å². The quantitative estimate of drug-likeness (QED) is 0.711. The highest BCUT2D eigenvalue weighted by molar-refractivity contribution is 6.42. The molecule has 2 N–H and O–H groups in total. The van der Waals surface area contributed by atoms with E-state index >= 15 is 0 Å². The van der Waals surface area contributed by atoms with Gasteiger partial charge in [-0.3, -0.25) is 0 Å². The van der Waals surface area contributed by atoms with Crippen molar-refractivity contribution in [1.29, 1.82) is 0 Å². The van der Waals surface area contributed by atoms with Gasteiger partial charge in [0.25, 0.3) is 0 Å². The highest BCUT2D eigenvalue weighted by Gasteiger charge is 2.14. The maximum atomic E-state index is 8.81. The van der Waals surface area contributed by atoms with Crippen LogP contribution in [0.4, 0.5) is 0 Å². The summed E-state index contributed by atoms with van der Waals surface area (Å²) in [6, 6.07) is 5.61. The molecule has 0 bridgehead atoms. The Morgan fingerprint density at radius 2 is 2.11 bits per heavy atom. The van der Waals surface area contributed by atoms with Crippen LogP contribution in [-0.2, 0) is 0 Å². The molecule has 1 atom stereocenters. The zero-order chi connectivity index (χ0) is 14.3. The van der Waals surface area contributed by atoms with Crippen LogP contribution < -0.4 is 5.32 Å². The Balaban J connectivity index is 2.76. The van der Waals surface area contributed by atoms with Crippen molar-refractivity contribution in [2.24, 2.45) is 5.92 Å². The third kappa shape index (κ3) is 5.15. The van der Waals surface area contributed by atoms with E-state index < -0.39 is 0 Å². The van der Waals surface area contributed by atoms with Crippen molar-refractivity contribution in [3.63, 3.8) is 0 Å². The van der Waals surface area contributed by atoms with Gasteiger partial charge in [-0.15, -0.1) is 0 Å². The standard InChI is InChI=1S/C15H21Cl2NO/c1-3-4-13(10-18-7-8-19)11(2)12-5-6-14(16)15(17)9-12/h5-6,9,13,18-19H,2-4,7-8,10H2,1H3. The first-order valence-corrected chi connectivity index (χ1v) is 7.31. The Morgan fingerprint density at radius 1 is 1.37 bits per heavy atom. The molecule has 1 aromatic rings. The van der Waals surface area contributed by atoms with Crippen LogP contribution in [0.1, 0.15) is 25.3 Å². The average Bonchev–Trinajstić information content (AvgIpc) is 2.40. The van der Waals surface area contributed by atoms with Crippen molar-refractivity contribution in [1.82, 2.24) is 5.32 Å². The maximum absolute atomic E-state index is 8.81. The van der Waals surface area contributed by atoms with Crippen molar-refractivity contribution < 1.29 is 5.11 Å². The summed E-state index contributed by atoms with van der Waals surface area (Å²) in [5.74, 6) is 0.341. The van der Waals surface area contributed by atoms with E-state index in [2.05, 4.69) is 18.8 Å². The first-order valence-electron chi connectivity index (χ1n) is 6.56. The Bertz CT molecular complexity index is 421. The molecule has 1 aromatic carbocycles. The molecule has 0 aliphatic carbocycles. The normalized spacial score (nSPS) is 12.4. The molecule has 1 rings (SSSR count). The molecule has 0 fully saturated rings. The molecule has 19 heavy (non-hydrogen) atoms. The second-order valence-electron chi connectivity index (χ2n) is 4.57. The highest BCUT2D eigenvalue weighted by Crippen LogP contribution is 2.30. The summed E-state index contributed by atoms with van der Waals surface area (Å²) in [6.07, 6.45) is 2.14. The molecule has 0 aliphatic heterocycles. The Labute approximate surface area is 125 Å². The molecule has 0 aliphatic rings. The van der Waals surface area contributed by atoms with Crippen LogP contribution in [0.15, 0.2) is 24.8 Å². The molecule has 106 valence electrons. The summed E-state index contributed by atoms with van der Waals surface area (Å²) in [7, 11) is 0. The largest absolute Gasteiger partial charge is 0.395 e. The number of aliphatic hydroxyl groups is 1. The van der Waals surface area contributed by atoms with E-state index in [-0.39, 0.29) is 6.61 Å². The number of hydrogen-bond donors (Lipinski definition) is 2. The van der Waals surface area contributed by atoms with Crippen molar-refractivity contribution in [2.75, 3.05) is 19.7 Å². The van der Waals surface area contributed by atoms with Gasteiger partial charge in [0.05, 0.1) is 16.7 Å². The third-order valence-electron chi connectivity index (χ3n) is 3.10. The molecule has 1 unspecified atom stereocenters. The van der Waals surface area contributed by atoms with Gasteiger partial charge in [0.1, 0.15) is 0 Å². The van der Waals surface area contributed by atoms with Crippen LogP contribution in [-0.4, -0.2) is 24.8 Å². The number of benzene rings is 1. The summed E-state index contributed by atoms with van der Waals surface area (Å²) in [5, 5.41) is 13.2. The second kappa shape index (κ2) is 8.60. The van der Waals surface area contributed by atoms with E-state index in [0.717, 1.165) is 30.5 Å². The summed E-state index contributed by atoms with van der Waals surface area (Å²) < 4.78 is 0. The lowest BCUT2D eigenvalue weighted by molar-refractivity contribution is 0.290. The first kappa shape index (κ1) is 16.5. The fourth-order valence-electron chi connectivity index (χ4n) is 2.03. The lowest BCUT2D eigenvalue weighted by Crippen LogP contribution is -2.26. The van der Waals surface area contributed by atoms with Crippen LogP contribution in [0.25, 0.3) is 5.57 Å². The van der Waals surface area contributed by atoms with Crippen molar-refractivity contribution in [3.05, 3.63) is 40.4 Å². The second-order valence-corrected chi connectivity index (χ2v) is 5.38. The Hall–Kier alpha value is -0.540. The first-order chi connectivity index (χ1) is 9.10. The SMILES string of the molecule is C=C(c1ccc(Cl)c(Cl)c1)C(CCC)CNCCO. The van der Waals surface area contributed by atoms with Gasteiger partial charge in [0.2, 0.25) is 0 Å². The van der Waals surface area contributed by atoms with Gasteiger partial charge < -0.3 is 10.4 Å². The van der Waals surface area contributed by atoms with E-state index in [1.54, 1.807) is 6.07 Å². The summed E-state index contributed by atoms with van der Waals surface area (Å²) >= 11 is 12.0. The monoisotopic (exact) mass is 301 g/mol. The van der Waals surface area contributed by atoms with Gasteiger partial charge in [-0.2, -0.15) is 0 Å². The van der Waals surface area contributed by atoms with Crippen molar-refractivity contribution in [3.8, 4) is 0 Å². The van der Waals surface area contributed by atoms with E-state index in [1.165, 1.54) is 0 Å². The lowest BCUT2D eigenvalue weighted by atomic mass is 9.90. The number of halogens is 2. The van der Waals surface area contributed by atoms with Crippen LogP contribution in [0.3, 0.4) is 0 Å². The van der Waals surface area contributed by atoms with Gasteiger partial charge in [-0.05, 0) is 35.6 Å². The maximum Gasteiger partial charge on any atom is 0.0598 e. The predicted octanol–water partition coefficient (Wildman–Crippen LogP) is 4.00. The predicted molar refractivity (Wildman–Crippen MR) is 83.8 cm³/mol. The minimum absolute atomic E-state index is 0.151. The fraction of sp³-hybridized carbons (Fsp3) is 0.467. The van der Waals surface area contributed by atoms with Gasteiger partial charge in [-0.25, -0.2) is 0 Å². The third-order valence-corrected chi connectivity index (χ3v) is 3.84. The number of nitrogens with one attached hydrogen (secondary N) is 1. The zero-order valence-corrected chi connectivity index (χ0v) is 12.8. The zero-order valence-electron chi connectivity index (χ0n) is 11.3. The molecule has 4 heteroatoms. The molecule has 0 aromatic heterocycles. The molecule has 0 heterocycles. The van der Waals surface area contributed by atoms with E-state index in [4.69, 9.17) is 28.3 Å². The Morgan fingerprint density at radius 3 is 2.68 bits per heavy atom. The molecule has 0 radical (unpaired) electrons. The van der Waals surface area contributed by atoms with Crippen molar-refractivity contribution in [2.45, 2.75) is 19.8 Å². The number of aliphatic hydroxyl groups excluding tert-OH is 1. The van der Waals surface area contributed by atoms with Gasteiger partial charge in [0, 0.05) is 13.1 Å². The number of hydrogen-bond acceptors (Lipinski definition) is 2. The summed E-state index contributed by atoms with van der Waals surface area (Å²) in [5.41, 5.74) is 2.09. The molecule has 0 saturated heterocycles. The van der Waals surface area contributed by atoms with Gasteiger partial charge >= 0.3 is 0 Å². The molecule has 2 nitrogen and oxygen atoms in total. The Kier molecular flexibility index (Phi) is 7.47. The molecule has 0 amide bonds. The molecular formula is C15H21Cl2NO. The molecule has 0 saturated carbocycles. The minimum Gasteiger partial charge on any atom is -0.395 e. The van der Waals surface area contributed by atoms with Crippen LogP contribution in [0.5, 0.6) is 0 Å². The topological polar surface area (TPSA) is 32.3 Å². The van der Waals surface area contributed by atoms with Crippen LogP contribution >= 0.6 is 23.2 Å². The minimum atomic E-state index is 0.151. The van der Waals surface area contributed by atoms with Crippen LogP contribution in [0, 0.1) is 5.92 Å². The smallest absolute Gasteiger partial charge is 0.0598 e. The highest BCUT2D eigenvalue weighted by atomic mass is 35.5. The van der Waals surface area contributed by atoms with Crippen LogP contribution in [0.2, 0.25) is 10.0 Å². The summed E-state index contributed by atoms with van der Waals surface area (Å²) in [6.45, 7) is 7.91. The van der Waals surface area contributed by atoms with Gasteiger partial charge in [-0.1, -0.05) is 49.2 Å². The van der Waals surface area contributed by atoms with Gasteiger partial charge in [0.15, 0.2) is 0 Å². The van der Waals surface area contributed by atoms with E-state index in [0.29, 0.717) is 22.5 Å². The molecule has 0 spiro atoms. The fourth-order valence-corrected chi connectivity index (χ4v) is 2.33. The van der Waals surface area contributed by atoms with Crippen molar-refractivity contribution >= 4 is 28.8 Å². The summed E-state index contributed by atoms with van der Waals surface area (Å²) in [4.78, 5) is 0. The molecular weight excluding hydrogens is 281 g/mol. The lowest BCUT2D eigenvalue weighted by Gasteiger charge is -2.20.